The first-order valence-corrected chi connectivity index (χ1v) is 10.7. The van der Waals surface area contributed by atoms with Crippen molar-refractivity contribution in [3.63, 3.8) is 0 Å². The summed E-state index contributed by atoms with van der Waals surface area (Å²) in [6.07, 6.45) is 1.75. The molecule has 0 radical (unpaired) electrons. The molecule has 6 heteroatoms. The number of hydrogen-bond acceptors (Lipinski definition) is 4. The van der Waals surface area contributed by atoms with Gasteiger partial charge >= 0.3 is 0 Å². The number of nitrogens with zero attached hydrogens (tertiary/aromatic N) is 3. The number of amides is 2. The van der Waals surface area contributed by atoms with Crippen molar-refractivity contribution in [1.82, 2.24) is 14.8 Å². The number of pyridine rings is 1. The Labute approximate surface area is 170 Å². The van der Waals surface area contributed by atoms with Crippen LogP contribution in [0.3, 0.4) is 0 Å². The molecule has 5 nitrogen and oxygen atoms in total. The van der Waals surface area contributed by atoms with Gasteiger partial charge in [0.15, 0.2) is 0 Å². The van der Waals surface area contributed by atoms with E-state index in [2.05, 4.69) is 24.0 Å². The summed E-state index contributed by atoms with van der Waals surface area (Å²) in [7, 11) is 0. The van der Waals surface area contributed by atoms with E-state index < -0.39 is 0 Å². The van der Waals surface area contributed by atoms with E-state index in [1.165, 1.54) is 22.9 Å². The molecule has 0 unspecified atom stereocenters. The van der Waals surface area contributed by atoms with Crippen molar-refractivity contribution in [2.45, 2.75) is 24.9 Å². The number of carbonyl (C=O) groups is 2. The van der Waals surface area contributed by atoms with Crippen molar-refractivity contribution in [3.8, 4) is 0 Å². The molecule has 1 aromatic heterocycles. The predicted molar refractivity (Wildman–Crippen MR) is 110 cm³/mol. The van der Waals surface area contributed by atoms with Crippen LogP contribution in [0.2, 0.25) is 0 Å². The van der Waals surface area contributed by atoms with Gasteiger partial charge in [0.05, 0.1) is 16.8 Å². The SMILES string of the molecule is CC(=O)N1C[C@H]2CN(C(=O)CSc3ccccn3)C[C@H]2[C@@H]1c1ccccc1C. The third kappa shape index (κ3) is 3.65. The van der Waals surface area contributed by atoms with Crippen LogP contribution in [0.1, 0.15) is 24.1 Å². The Balaban J connectivity index is 1.48. The topological polar surface area (TPSA) is 53.5 Å². The normalized spacial score (nSPS) is 23.7. The first kappa shape index (κ1) is 19.0. The van der Waals surface area contributed by atoms with Crippen LogP contribution in [0.4, 0.5) is 0 Å². The lowest BCUT2D eigenvalue weighted by molar-refractivity contribution is -0.130. The molecular weight excluding hydrogens is 370 g/mol. The summed E-state index contributed by atoms with van der Waals surface area (Å²) >= 11 is 1.48. The van der Waals surface area contributed by atoms with Crippen LogP contribution in [-0.2, 0) is 9.59 Å². The van der Waals surface area contributed by atoms with Gasteiger partial charge in [-0.25, -0.2) is 4.98 Å². The molecule has 2 fully saturated rings. The molecule has 0 N–H and O–H groups in total. The van der Waals surface area contributed by atoms with E-state index in [9.17, 15) is 9.59 Å². The zero-order chi connectivity index (χ0) is 19.7. The van der Waals surface area contributed by atoms with Crippen LogP contribution >= 0.6 is 11.8 Å². The molecule has 3 heterocycles. The second kappa shape index (κ2) is 7.95. The van der Waals surface area contributed by atoms with Gasteiger partial charge < -0.3 is 9.80 Å². The Morgan fingerprint density at radius 1 is 1.11 bits per heavy atom. The Morgan fingerprint density at radius 3 is 2.61 bits per heavy atom. The van der Waals surface area contributed by atoms with E-state index >= 15 is 0 Å². The molecule has 1 aromatic carbocycles. The maximum Gasteiger partial charge on any atom is 0.233 e. The summed E-state index contributed by atoms with van der Waals surface area (Å²) < 4.78 is 0. The Bertz CT molecular complexity index is 873. The molecule has 28 heavy (non-hydrogen) atoms. The van der Waals surface area contributed by atoms with Crippen molar-refractivity contribution >= 4 is 23.6 Å². The Hall–Kier alpha value is -2.34. The molecule has 0 spiro atoms. The number of carbonyl (C=O) groups excluding carboxylic acids is 2. The molecule has 3 atom stereocenters. The summed E-state index contributed by atoms with van der Waals surface area (Å²) in [6, 6.07) is 14.1. The van der Waals surface area contributed by atoms with Gasteiger partial charge in [-0.05, 0) is 30.2 Å². The number of likely N-dealkylation sites (tertiary alicyclic amines) is 2. The molecule has 2 aliphatic heterocycles. The number of aromatic nitrogens is 1. The summed E-state index contributed by atoms with van der Waals surface area (Å²) in [5.41, 5.74) is 2.41. The quantitative estimate of drug-likeness (QED) is 0.747. The molecule has 2 saturated heterocycles. The molecule has 0 bridgehead atoms. The molecule has 4 rings (SSSR count). The van der Waals surface area contributed by atoms with Crippen LogP contribution in [0.5, 0.6) is 0 Å². The summed E-state index contributed by atoms with van der Waals surface area (Å²) in [5, 5.41) is 0.871. The monoisotopic (exact) mass is 395 g/mol. The second-order valence-corrected chi connectivity index (χ2v) is 8.65. The number of rotatable bonds is 4. The van der Waals surface area contributed by atoms with Gasteiger partial charge in [-0.1, -0.05) is 42.1 Å². The molecule has 0 saturated carbocycles. The van der Waals surface area contributed by atoms with Crippen molar-refractivity contribution in [1.29, 1.82) is 0 Å². The number of aryl methyl sites for hydroxylation is 1. The van der Waals surface area contributed by atoms with Crippen LogP contribution < -0.4 is 0 Å². The highest BCUT2D eigenvalue weighted by Crippen LogP contribution is 2.45. The fourth-order valence-electron chi connectivity index (χ4n) is 4.55. The number of thioether (sulfide) groups is 1. The Kier molecular flexibility index (Phi) is 5.40. The minimum absolute atomic E-state index is 0.0601. The highest BCUT2D eigenvalue weighted by molar-refractivity contribution is 7.99. The van der Waals surface area contributed by atoms with E-state index in [1.807, 2.05) is 40.1 Å². The van der Waals surface area contributed by atoms with E-state index in [0.717, 1.165) is 24.7 Å². The van der Waals surface area contributed by atoms with E-state index in [0.29, 0.717) is 17.6 Å². The first-order valence-electron chi connectivity index (χ1n) is 9.69. The van der Waals surface area contributed by atoms with Gasteiger partial charge in [0.2, 0.25) is 11.8 Å². The molecule has 0 aliphatic carbocycles. The maximum atomic E-state index is 12.8. The second-order valence-electron chi connectivity index (χ2n) is 7.65. The van der Waals surface area contributed by atoms with Gasteiger partial charge in [0.1, 0.15) is 0 Å². The largest absolute Gasteiger partial charge is 0.341 e. The predicted octanol–water partition coefficient (Wildman–Crippen LogP) is 3.16. The third-order valence-electron chi connectivity index (χ3n) is 5.91. The van der Waals surface area contributed by atoms with E-state index in [1.54, 1.807) is 13.1 Å². The lowest BCUT2D eigenvalue weighted by atomic mass is 9.87. The molecule has 146 valence electrons. The number of hydrogen-bond donors (Lipinski definition) is 0. The van der Waals surface area contributed by atoms with Crippen molar-refractivity contribution in [2.24, 2.45) is 11.8 Å². The minimum atomic E-state index is 0.0601. The lowest BCUT2D eigenvalue weighted by Crippen LogP contribution is -2.37. The van der Waals surface area contributed by atoms with Crippen LogP contribution in [0, 0.1) is 18.8 Å². The average molecular weight is 396 g/mol. The first-order chi connectivity index (χ1) is 13.5. The molecular formula is C22H25N3O2S. The summed E-state index contributed by atoms with van der Waals surface area (Å²) in [4.78, 5) is 33.3. The van der Waals surface area contributed by atoms with Crippen LogP contribution in [-0.4, -0.2) is 52.0 Å². The van der Waals surface area contributed by atoms with Crippen molar-refractivity contribution < 1.29 is 9.59 Å². The van der Waals surface area contributed by atoms with Gasteiger partial charge in [0.25, 0.3) is 0 Å². The van der Waals surface area contributed by atoms with Crippen molar-refractivity contribution in [3.05, 3.63) is 59.8 Å². The minimum Gasteiger partial charge on any atom is -0.341 e. The smallest absolute Gasteiger partial charge is 0.233 e. The number of fused-ring (bicyclic) bond motifs is 1. The van der Waals surface area contributed by atoms with Gasteiger partial charge in [-0.2, -0.15) is 0 Å². The molecule has 2 amide bonds. The zero-order valence-corrected chi connectivity index (χ0v) is 17.1. The van der Waals surface area contributed by atoms with Crippen LogP contribution in [0.15, 0.2) is 53.7 Å². The van der Waals surface area contributed by atoms with Gasteiger partial charge in [-0.15, -0.1) is 0 Å². The average Bonchev–Trinajstić information content (AvgIpc) is 3.26. The highest BCUT2D eigenvalue weighted by atomic mass is 32.2. The van der Waals surface area contributed by atoms with Gasteiger partial charge in [-0.3, -0.25) is 9.59 Å². The van der Waals surface area contributed by atoms with E-state index in [4.69, 9.17) is 0 Å². The fraction of sp³-hybridized carbons (Fsp3) is 0.409. The van der Waals surface area contributed by atoms with Gasteiger partial charge in [0, 0.05) is 44.6 Å². The Morgan fingerprint density at radius 2 is 1.89 bits per heavy atom. The maximum absolute atomic E-state index is 12.8. The fourth-order valence-corrected chi connectivity index (χ4v) is 5.31. The highest BCUT2D eigenvalue weighted by Gasteiger charge is 2.49. The molecule has 2 aliphatic rings. The molecule has 2 aromatic rings. The standard InChI is InChI=1S/C22H25N3O2S/c1-15-7-3-4-8-18(15)22-19-13-24(11-17(19)12-25(22)16(2)26)21(27)14-28-20-9-5-6-10-23-20/h3-10,17,19,22H,11-14H2,1-2H3/t17-,19-,22+/m1/s1. The lowest BCUT2D eigenvalue weighted by Gasteiger charge is -2.30. The van der Waals surface area contributed by atoms with Crippen LogP contribution in [0.25, 0.3) is 0 Å². The van der Waals surface area contributed by atoms with Crippen molar-refractivity contribution in [2.75, 3.05) is 25.4 Å². The number of benzene rings is 1. The summed E-state index contributed by atoms with van der Waals surface area (Å²) in [5.74, 6) is 1.32. The third-order valence-corrected chi connectivity index (χ3v) is 6.84. The summed E-state index contributed by atoms with van der Waals surface area (Å²) in [6.45, 7) is 5.94. The zero-order valence-electron chi connectivity index (χ0n) is 16.2. The van der Waals surface area contributed by atoms with E-state index in [-0.39, 0.29) is 17.9 Å².